The van der Waals surface area contributed by atoms with Gasteiger partial charge in [0.15, 0.2) is 57.2 Å². The number of Topliss-reactive ketones (excluding diaryl/α,β-unsaturated/α-hetero) is 5. The zero-order valence-corrected chi connectivity index (χ0v) is 81.2. The van der Waals surface area contributed by atoms with Gasteiger partial charge in [-0.2, -0.15) is 87.8 Å². The topological polar surface area (TPSA) is 331 Å². The molecule has 0 radical (unpaired) electrons. The molecule has 0 saturated carbocycles. The molecule has 810 valence electrons. The van der Waals surface area contributed by atoms with Crippen LogP contribution in [-0.4, -0.2) is 192 Å². The van der Waals surface area contributed by atoms with E-state index in [-0.39, 0.29) is 101 Å². The SMILES string of the molecule is C.C.C=C(C(=O)OCCC)C(F)(F)F.C=C(C(C)=O)C(F)(F)F.C=C(C)C(=O)OCCC.C=C(C)C(=O)OCCOCC(C)(C(F)(F)F)C(F)(F)F.C=C(C)C(=O)Oc1ccc(C(C)(C(F)(F)F)C(F)(F)F)cc1.C=C(C)C(C)=O.C=C(C)C(C)=O.C=C(F)C(=O)OCC.C=C(F)C(=O)OCCOCCC.C=C(F)C(C)=O.C=C(F)C(C)=O.C=CC(=O)OCC.C=CC(=O)OCCC.C=CC(C)=O.CC. The van der Waals surface area contributed by atoms with Gasteiger partial charge in [0.25, 0.3) is 0 Å². The molecule has 0 aliphatic heterocycles. The van der Waals surface area contributed by atoms with E-state index in [0.29, 0.717) is 68.3 Å². The van der Waals surface area contributed by atoms with E-state index < -0.39 is 155 Å². The Kier molecular flexibility index (Phi) is 106. The highest BCUT2D eigenvalue weighted by Crippen LogP contribution is 2.52. The molecule has 0 aliphatic carbocycles. The summed E-state index contributed by atoms with van der Waals surface area (Å²) in [5, 5.41) is 0. The maximum atomic E-state index is 12.9. The number of rotatable bonds is 34. The first-order valence-corrected chi connectivity index (χ1v) is 39.4. The van der Waals surface area contributed by atoms with Crippen molar-refractivity contribution in [3.63, 3.8) is 0 Å². The van der Waals surface area contributed by atoms with Gasteiger partial charge in [0.1, 0.15) is 24.5 Å². The van der Waals surface area contributed by atoms with Crippen molar-refractivity contribution in [1.82, 2.24) is 0 Å². The molecule has 0 aromatic heterocycles. The van der Waals surface area contributed by atoms with Crippen LogP contribution >= 0.6 is 0 Å². The monoisotopic (exact) mass is 2070 g/mol. The van der Waals surface area contributed by atoms with Crippen LogP contribution in [0.3, 0.4) is 0 Å². The van der Waals surface area contributed by atoms with Crippen molar-refractivity contribution < 1.29 is 211 Å². The summed E-state index contributed by atoms with van der Waals surface area (Å²) in [5.41, 5.74) is -9.95. The van der Waals surface area contributed by atoms with Crippen LogP contribution in [0, 0.1) is 5.41 Å². The highest BCUT2D eigenvalue weighted by Gasteiger charge is 2.69. The minimum atomic E-state index is -5.53. The Morgan fingerprint density at radius 2 is 0.571 bits per heavy atom. The lowest BCUT2D eigenvalue weighted by molar-refractivity contribution is -0.345. The summed E-state index contributed by atoms with van der Waals surface area (Å²) < 4.78 is 312. The summed E-state index contributed by atoms with van der Waals surface area (Å²) in [7, 11) is 0. The number of ether oxygens (including phenoxy) is 10. The zero-order chi connectivity index (χ0) is 113. The van der Waals surface area contributed by atoms with E-state index >= 15 is 0 Å². The third-order valence-electron chi connectivity index (χ3n) is 13.0. The molecule has 0 atom stereocenters. The van der Waals surface area contributed by atoms with Gasteiger partial charge in [-0.1, -0.05) is 161 Å². The van der Waals surface area contributed by atoms with E-state index in [0.717, 1.165) is 64.3 Å². The maximum absolute atomic E-state index is 12.9. The molecule has 1 aromatic rings. The number of hydrogen-bond acceptors (Lipinski definition) is 24. The molecule has 0 spiro atoms. The second kappa shape index (κ2) is 90.6. The second-order valence-corrected chi connectivity index (χ2v) is 25.7. The van der Waals surface area contributed by atoms with Gasteiger partial charge < -0.3 is 47.4 Å². The Bertz CT molecular complexity index is 3850. The molecule has 1 aromatic carbocycles. The van der Waals surface area contributed by atoms with Gasteiger partial charge in [0.05, 0.1) is 58.4 Å². The van der Waals surface area contributed by atoms with Gasteiger partial charge in [-0.15, -0.1) is 0 Å². The quantitative estimate of drug-likeness (QED) is 0.0154. The van der Waals surface area contributed by atoms with Crippen LogP contribution in [0.5, 0.6) is 5.75 Å². The largest absolute Gasteiger partial charge is 0.463 e. The Balaban J connectivity index is -0.0000000865. The Labute approximate surface area is 805 Å². The normalized spacial score (nSPS) is 9.85. The molecule has 1 rings (SSSR count). The second-order valence-electron chi connectivity index (χ2n) is 25.7. The summed E-state index contributed by atoms with van der Waals surface area (Å²) >= 11 is 0. The summed E-state index contributed by atoms with van der Waals surface area (Å²) in [6, 6.07) is 2.99. The fraction of sp³-hybridized carbons (Fsp3) is 0.489. The Hall–Kier alpha value is -12.3. The predicted molar refractivity (Wildman–Crippen MR) is 488 cm³/mol. The summed E-state index contributed by atoms with van der Waals surface area (Å²) in [6.07, 6.45) is -24.6. The zero-order valence-electron chi connectivity index (χ0n) is 81.2. The summed E-state index contributed by atoms with van der Waals surface area (Å²) in [5.74, 6) is -12.2. The van der Waals surface area contributed by atoms with Crippen LogP contribution in [0.15, 0.2) is 197 Å². The number of carbonyl (C=O) groups is 14. The van der Waals surface area contributed by atoms with E-state index in [1.165, 1.54) is 40.7 Å². The van der Waals surface area contributed by atoms with Gasteiger partial charge in [0.2, 0.25) is 11.7 Å². The Morgan fingerprint density at radius 1 is 0.307 bits per heavy atom. The molecule has 140 heavy (non-hydrogen) atoms. The van der Waals surface area contributed by atoms with Crippen LogP contribution < -0.4 is 4.74 Å². The molecule has 0 unspecified atom stereocenters. The summed E-state index contributed by atoms with van der Waals surface area (Å²) in [4.78, 5) is 143. The molecule has 0 fully saturated rings. The molecule has 46 heteroatoms. The smallest absolute Gasteiger partial charge is 0.422 e. The van der Waals surface area contributed by atoms with E-state index in [4.69, 9.17) is 14.2 Å². The maximum Gasteiger partial charge on any atom is 0.422 e. The van der Waals surface area contributed by atoms with Crippen LogP contribution in [0.25, 0.3) is 0 Å². The molecule has 0 aliphatic rings. The molecule has 0 heterocycles. The minimum absolute atomic E-state index is 0. The van der Waals surface area contributed by atoms with Gasteiger partial charge in [-0.3, -0.25) is 28.8 Å². The third-order valence-corrected chi connectivity index (χ3v) is 13.0. The number of esters is 8. The van der Waals surface area contributed by atoms with Gasteiger partial charge in [-0.25, -0.2) is 47.1 Å². The molecule has 0 saturated heterocycles. The fourth-order valence-corrected chi connectivity index (χ4v) is 4.56. The van der Waals surface area contributed by atoms with Crippen molar-refractivity contribution in [2.45, 2.75) is 228 Å². The van der Waals surface area contributed by atoms with Crippen molar-refractivity contribution in [2.75, 3.05) is 72.7 Å². The van der Waals surface area contributed by atoms with Gasteiger partial charge in [-0.05, 0) is 151 Å². The van der Waals surface area contributed by atoms with E-state index in [2.05, 4.69) is 125 Å². The molecule has 0 N–H and O–H groups in total. The molecule has 24 nitrogen and oxygen atoms in total. The number of hydrogen-bond donors (Lipinski definition) is 0. The van der Waals surface area contributed by atoms with Crippen molar-refractivity contribution in [3.8, 4) is 5.75 Å². The fourth-order valence-electron chi connectivity index (χ4n) is 4.56. The van der Waals surface area contributed by atoms with Crippen LogP contribution in [0.2, 0.25) is 0 Å². The molecular formula is C94H136F22O24. The average molecular weight is 2070 g/mol. The van der Waals surface area contributed by atoms with Crippen molar-refractivity contribution in [1.29, 1.82) is 0 Å². The number of alkyl halides is 18. The molecule has 0 amide bonds. The van der Waals surface area contributed by atoms with Crippen molar-refractivity contribution in [3.05, 3.63) is 202 Å². The number of halogens is 22. The van der Waals surface area contributed by atoms with Gasteiger partial charge in [0, 0.05) is 49.3 Å². The van der Waals surface area contributed by atoms with Crippen LogP contribution in [-0.2, 0) is 115 Å². The van der Waals surface area contributed by atoms with Crippen LogP contribution in [0.1, 0.15) is 191 Å². The minimum Gasteiger partial charge on any atom is -0.463 e. The van der Waals surface area contributed by atoms with E-state index in [1.807, 2.05) is 34.6 Å². The number of allylic oxidation sites excluding steroid dienone is 6. The Morgan fingerprint density at radius 3 is 0.779 bits per heavy atom. The highest BCUT2D eigenvalue weighted by atomic mass is 19.4. The third kappa shape index (κ3) is 100. The summed E-state index contributed by atoms with van der Waals surface area (Å²) in [6.45, 7) is 72.7. The van der Waals surface area contributed by atoms with E-state index in [1.54, 1.807) is 41.5 Å². The number of benzene rings is 1. The van der Waals surface area contributed by atoms with Crippen molar-refractivity contribution in [2.24, 2.45) is 5.41 Å². The standard InChI is InChI=1S/C14H12F6O2.C11H14F6O3.C8H13FO3.C7H9F3O2.C7H12O2.C6H10O2.C5H5F3O.C5H7FO2.C5H8O2.2C5H8O.2C4H5FO.C4H6O.C2H6.2CH4/c1-8(2)11(21)22-10-6-4-9(5-7-10)12(3,13(15,16)17)14(18,19)20;1-7(2)8(18)20-5-4-19-6-9(3,10(12,13)14)11(15,16)17;1-3-4-11-5-6-12-8(10)7(2)9;1-3-4-12-6(11)5(2)7(8,9)10;1-4-5-9-7(8)6(2)3;1-3-5-8-6(7)4-2;1-3(4(2)9)5(6,7)8;1-3-8-5(7)4(2)6;1-3-5(6)7-4-2;2*1-4(2)5(3)6;2*1-3(5)4(2)6;1-3-4(2)5;1-2;;/h4-7H,1H2,2-3H3;1,4-6H2,2-3H3;2-6H2,1H3;2-4H2,1H3;2,4-5H2,1,3H3;4H,2-3,5H2,1H3;1H2,2H3;2-3H2,1H3;3H,1,4H2,2H3;2*1H2,2-3H3;2*1H2,2H3;3H,1H2,2H3;1-2H3;2*1H4. The van der Waals surface area contributed by atoms with Crippen molar-refractivity contribution >= 4 is 82.5 Å². The number of ketones is 6. The number of carbonyl (C=O) groups excluding carboxylic acids is 14. The van der Waals surface area contributed by atoms with E-state index in [9.17, 15) is 164 Å². The van der Waals surface area contributed by atoms with Gasteiger partial charge >= 0.3 is 84.8 Å². The average Bonchev–Trinajstić information content (AvgIpc) is 0.750. The highest BCUT2D eigenvalue weighted by molar-refractivity contribution is 5.95. The predicted octanol–water partition coefficient (Wildman–Crippen LogP) is 24.9. The first-order valence-electron chi connectivity index (χ1n) is 39.4. The van der Waals surface area contributed by atoms with Crippen LogP contribution in [0.4, 0.5) is 96.6 Å². The lowest BCUT2D eigenvalue weighted by atomic mass is 9.81. The molecular weight excluding hydrogens is 1930 g/mol. The first kappa shape index (κ1) is 164. The molecule has 0 bridgehead atoms. The lowest BCUT2D eigenvalue weighted by Gasteiger charge is -2.34. The lowest BCUT2D eigenvalue weighted by Crippen LogP contribution is -2.51. The first-order chi connectivity index (χ1) is 62.4.